The molecule has 2 aromatic heterocycles. The summed E-state index contributed by atoms with van der Waals surface area (Å²) < 4.78 is 4.92. The Kier molecular flexibility index (Phi) is 4.35. The molecule has 0 aromatic carbocycles. The van der Waals surface area contributed by atoms with Gasteiger partial charge in [0.1, 0.15) is 16.9 Å². The van der Waals surface area contributed by atoms with Crippen LogP contribution in [0.1, 0.15) is 35.9 Å². The van der Waals surface area contributed by atoms with E-state index in [4.69, 9.17) is 4.52 Å². The number of amides is 1. The van der Waals surface area contributed by atoms with Gasteiger partial charge in [-0.2, -0.15) is 5.26 Å². The van der Waals surface area contributed by atoms with E-state index in [9.17, 15) is 10.1 Å². The summed E-state index contributed by atoms with van der Waals surface area (Å²) in [4.78, 5) is 16.8. The number of nitrogens with one attached hydrogen (secondary N) is 1. The maximum atomic E-state index is 12.2. The fourth-order valence-electron chi connectivity index (χ4n) is 2.50. The number of anilines is 1. The van der Waals surface area contributed by atoms with E-state index < -0.39 is 5.25 Å². The molecule has 7 heteroatoms. The number of aromatic nitrogens is 2. The molecule has 2 aromatic rings. The summed E-state index contributed by atoms with van der Waals surface area (Å²) >= 11 is 1.29. The number of carbonyl (C=O) groups is 1. The van der Waals surface area contributed by atoms with E-state index in [0.29, 0.717) is 22.2 Å². The quantitative estimate of drug-likeness (QED) is 0.868. The van der Waals surface area contributed by atoms with Crippen molar-refractivity contribution in [1.82, 2.24) is 10.1 Å². The molecular weight excluding hydrogens is 312 g/mol. The van der Waals surface area contributed by atoms with Crippen molar-refractivity contribution in [3.63, 3.8) is 0 Å². The lowest BCUT2D eigenvalue weighted by molar-refractivity contribution is -0.115. The molecule has 0 spiro atoms. The van der Waals surface area contributed by atoms with Crippen LogP contribution in [0.5, 0.6) is 0 Å². The van der Waals surface area contributed by atoms with Crippen LogP contribution in [-0.2, 0) is 17.6 Å². The average Bonchev–Trinajstić information content (AvgIpc) is 3.14. The van der Waals surface area contributed by atoms with Crippen LogP contribution in [0, 0.1) is 18.3 Å². The number of thioether (sulfide) groups is 1. The van der Waals surface area contributed by atoms with Crippen LogP contribution in [0.3, 0.4) is 0 Å². The summed E-state index contributed by atoms with van der Waals surface area (Å²) in [5.74, 6) is 0.824. The molecule has 0 aliphatic heterocycles. The van der Waals surface area contributed by atoms with Crippen LogP contribution in [0.15, 0.2) is 21.7 Å². The third-order valence-electron chi connectivity index (χ3n) is 3.67. The number of hydrogen-bond acceptors (Lipinski definition) is 6. The molecule has 0 saturated heterocycles. The van der Waals surface area contributed by atoms with Crippen LogP contribution in [0.2, 0.25) is 0 Å². The van der Waals surface area contributed by atoms with Gasteiger partial charge in [0.25, 0.3) is 0 Å². The zero-order chi connectivity index (χ0) is 16.4. The minimum atomic E-state index is -0.397. The first-order valence-corrected chi connectivity index (χ1v) is 8.28. The van der Waals surface area contributed by atoms with E-state index >= 15 is 0 Å². The molecule has 6 nitrogen and oxygen atoms in total. The Balaban J connectivity index is 1.73. The van der Waals surface area contributed by atoms with Gasteiger partial charge in [0.05, 0.1) is 10.8 Å². The number of aryl methyl sites for hydroxylation is 3. The Morgan fingerprint density at radius 2 is 2.30 bits per heavy atom. The minimum Gasteiger partial charge on any atom is -0.360 e. The van der Waals surface area contributed by atoms with Gasteiger partial charge in [0.2, 0.25) is 5.91 Å². The molecule has 2 heterocycles. The van der Waals surface area contributed by atoms with Gasteiger partial charge in [-0.25, -0.2) is 4.98 Å². The first-order chi connectivity index (χ1) is 11.1. The van der Waals surface area contributed by atoms with E-state index in [-0.39, 0.29) is 5.91 Å². The third-order valence-corrected chi connectivity index (χ3v) is 4.78. The molecule has 3 rings (SSSR count). The van der Waals surface area contributed by atoms with Crippen LogP contribution in [0.25, 0.3) is 0 Å². The minimum absolute atomic E-state index is 0.200. The Morgan fingerprint density at radius 1 is 1.48 bits per heavy atom. The molecule has 0 bridgehead atoms. The molecule has 23 heavy (non-hydrogen) atoms. The SMILES string of the molecule is Cc1cc(NC(=O)C(C)Sc2nc3c(cc2C#N)CCC3)no1. The second kappa shape index (κ2) is 6.42. The second-order valence-electron chi connectivity index (χ2n) is 5.48. The number of carbonyl (C=O) groups excluding carboxylic acids is 1. The van der Waals surface area contributed by atoms with Crippen molar-refractivity contribution in [3.05, 3.63) is 34.7 Å². The van der Waals surface area contributed by atoms with Crippen molar-refractivity contribution in [1.29, 1.82) is 5.26 Å². The molecule has 0 radical (unpaired) electrons. The number of nitriles is 1. The lowest BCUT2D eigenvalue weighted by Gasteiger charge is -2.12. The standard InChI is InChI=1S/C16H16N4O2S/c1-9-6-14(20-22-9)19-15(21)10(2)23-16-12(8-17)7-11-4-3-5-13(11)18-16/h6-7,10H,3-5H2,1-2H3,(H,19,20,21). The highest BCUT2D eigenvalue weighted by molar-refractivity contribution is 8.00. The van der Waals surface area contributed by atoms with Crippen molar-refractivity contribution >= 4 is 23.5 Å². The summed E-state index contributed by atoms with van der Waals surface area (Å²) in [5.41, 5.74) is 2.74. The number of rotatable bonds is 4. The highest BCUT2D eigenvalue weighted by Crippen LogP contribution is 2.30. The Bertz CT molecular complexity index is 794. The maximum absolute atomic E-state index is 12.2. The van der Waals surface area contributed by atoms with Crippen LogP contribution >= 0.6 is 11.8 Å². The van der Waals surface area contributed by atoms with Gasteiger partial charge >= 0.3 is 0 Å². The summed E-state index contributed by atoms with van der Waals surface area (Å²) in [7, 11) is 0. The van der Waals surface area contributed by atoms with Gasteiger partial charge in [-0.1, -0.05) is 16.9 Å². The molecule has 1 aliphatic rings. The Morgan fingerprint density at radius 3 is 3.00 bits per heavy atom. The first kappa shape index (κ1) is 15.6. The normalized spacial score (nSPS) is 14.1. The molecule has 1 aliphatic carbocycles. The fourth-order valence-corrected chi connectivity index (χ4v) is 3.39. The van der Waals surface area contributed by atoms with Crippen molar-refractivity contribution in [2.75, 3.05) is 5.32 Å². The maximum Gasteiger partial charge on any atom is 0.238 e. The lowest BCUT2D eigenvalue weighted by Crippen LogP contribution is -2.22. The molecule has 0 saturated carbocycles. The largest absolute Gasteiger partial charge is 0.360 e. The van der Waals surface area contributed by atoms with E-state index in [2.05, 4.69) is 21.5 Å². The summed E-state index contributed by atoms with van der Waals surface area (Å²) in [6.45, 7) is 3.54. The van der Waals surface area contributed by atoms with Gasteiger partial charge < -0.3 is 9.84 Å². The topological polar surface area (TPSA) is 91.8 Å². The molecule has 1 atom stereocenters. The van der Waals surface area contributed by atoms with Gasteiger partial charge in [-0.05, 0) is 44.7 Å². The van der Waals surface area contributed by atoms with Crippen LogP contribution in [-0.4, -0.2) is 21.3 Å². The van der Waals surface area contributed by atoms with E-state index in [1.54, 1.807) is 19.9 Å². The molecular formula is C16H16N4O2S. The van der Waals surface area contributed by atoms with Crippen molar-refractivity contribution in [3.8, 4) is 6.07 Å². The molecule has 1 amide bonds. The highest BCUT2D eigenvalue weighted by Gasteiger charge is 2.21. The van der Waals surface area contributed by atoms with Crippen molar-refractivity contribution in [2.45, 2.75) is 43.4 Å². The van der Waals surface area contributed by atoms with Gasteiger partial charge in [0.15, 0.2) is 5.82 Å². The van der Waals surface area contributed by atoms with E-state index in [1.807, 2.05) is 6.07 Å². The van der Waals surface area contributed by atoms with Crippen molar-refractivity contribution < 1.29 is 9.32 Å². The van der Waals surface area contributed by atoms with Gasteiger partial charge in [-0.15, -0.1) is 0 Å². The van der Waals surface area contributed by atoms with Crippen LogP contribution < -0.4 is 5.32 Å². The van der Waals surface area contributed by atoms with E-state index in [0.717, 1.165) is 30.5 Å². The predicted octanol–water partition coefficient (Wildman–Crippen LogP) is 2.86. The lowest BCUT2D eigenvalue weighted by atomic mass is 10.2. The summed E-state index contributed by atoms with van der Waals surface area (Å²) in [6.07, 6.45) is 2.99. The molecule has 1 unspecified atom stereocenters. The third kappa shape index (κ3) is 3.37. The summed E-state index contributed by atoms with van der Waals surface area (Å²) in [6, 6.07) is 5.74. The van der Waals surface area contributed by atoms with Gasteiger partial charge in [0, 0.05) is 11.8 Å². The zero-order valence-corrected chi connectivity index (χ0v) is 13.7. The van der Waals surface area contributed by atoms with Crippen molar-refractivity contribution in [2.24, 2.45) is 0 Å². The number of fused-ring (bicyclic) bond motifs is 1. The fraction of sp³-hybridized carbons (Fsp3) is 0.375. The molecule has 1 N–H and O–H groups in total. The molecule has 118 valence electrons. The second-order valence-corrected chi connectivity index (χ2v) is 6.81. The predicted molar refractivity (Wildman–Crippen MR) is 86.2 cm³/mol. The Hall–Kier alpha value is -2.33. The number of nitrogens with zero attached hydrogens (tertiary/aromatic N) is 3. The smallest absolute Gasteiger partial charge is 0.238 e. The number of pyridine rings is 1. The summed E-state index contributed by atoms with van der Waals surface area (Å²) in [5, 5.41) is 16.0. The average molecular weight is 328 g/mol. The first-order valence-electron chi connectivity index (χ1n) is 7.40. The van der Waals surface area contributed by atoms with Gasteiger partial charge in [-0.3, -0.25) is 4.79 Å². The Labute approximate surface area is 138 Å². The molecule has 0 fully saturated rings. The highest BCUT2D eigenvalue weighted by atomic mass is 32.2. The van der Waals surface area contributed by atoms with Crippen LogP contribution in [0.4, 0.5) is 5.82 Å². The number of hydrogen-bond donors (Lipinski definition) is 1. The zero-order valence-electron chi connectivity index (χ0n) is 12.9. The monoisotopic (exact) mass is 328 g/mol. The van der Waals surface area contributed by atoms with E-state index in [1.165, 1.54) is 11.8 Å².